The van der Waals surface area contributed by atoms with Crippen LogP contribution in [0.1, 0.15) is 107 Å². The number of aliphatic hydroxyl groups is 13. The molecular weight excluding hydrogens is 881 g/mol. The summed E-state index contributed by atoms with van der Waals surface area (Å²) in [7, 11) is 0. The van der Waals surface area contributed by atoms with Gasteiger partial charge in [-0.3, -0.25) is 0 Å². The largest absolute Gasteiger partial charge is 0.394 e. The topological polar surface area (TPSA) is 318 Å². The summed E-state index contributed by atoms with van der Waals surface area (Å²) in [6.45, 7) is 14.8. The molecule has 0 aromatic rings. The fourth-order valence-electron chi connectivity index (χ4n) is 14.2. The maximum absolute atomic E-state index is 12.6. The summed E-state index contributed by atoms with van der Waals surface area (Å²) < 4.78 is 35.3. The average molecular weight is 963 g/mol. The third-order valence-corrected chi connectivity index (χ3v) is 18.7. The molecule has 388 valence electrons. The zero-order valence-corrected chi connectivity index (χ0v) is 40.3. The molecule has 4 aliphatic carbocycles. The molecule has 3 saturated heterocycles. The first kappa shape index (κ1) is 53.8. The van der Waals surface area contributed by atoms with E-state index in [1.807, 2.05) is 0 Å². The van der Waals surface area contributed by atoms with E-state index >= 15 is 0 Å². The summed E-state index contributed by atoms with van der Waals surface area (Å²) in [5.74, 6) is 0.547. The van der Waals surface area contributed by atoms with Crippen LogP contribution in [0, 0.1) is 45.3 Å². The van der Waals surface area contributed by atoms with Gasteiger partial charge in [0.05, 0.1) is 43.7 Å². The van der Waals surface area contributed by atoms with Crippen LogP contribution in [0.2, 0.25) is 0 Å². The molecule has 0 unspecified atom stereocenters. The first-order valence-electron chi connectivity index (χ1n) is 24.5. The number of hydrogen-bond acceptors (Lipinski definition) is 19. The van der Waals surface area contributed by atoms with Crippen molar-refractivity contribution in [2.24, 2.45) is 45.3 Å². The third kappa shape index (κ3) is 9.24. The number of rotatable bonds is 14. The molecule has 0 spiro atoms. The summed E-state index contributed by atoms with van der Waals surface area (Å²) in [6, 6.07) is 0. The van der Waals surface area contributed by atoms with Crippen LogP contribution in [0.25, 0.3) is 0 Å². The Hall–Kier alpha value is -1.02. The fraction of sp³-hybridized carbons (Fsp3) is 0.958. The predicted octanol–water partition coefficient (Wildman–Crippen LogP) is -1.06. The molecule has 3 saturated carbocycles. The van der Waals surface area contributed by atoms with E-state index in [9.17, 15) is 66.4 Å². The lowest BCUT2D eigenvalue weighted by Crippen LogP contribution is -2.65. The number of hydrogen-bond donors (Lipinski definition) is 13. The first-order chi connectivity index (χ1) is 31.2. The van der Waals surface area contributed by atoms with Gasteiger partial charge in [0.25, 0.3) is 0 Å². The van der Waals surface area contributed by atoms with Crippen LogP contribution in [0.5, 0.6) is 0 Å². The molecule has 13 N–H and O–H groups in total. The van der Waals surface area contributed by atoms with Crippen molar-refractivity contribution in [3.63, 3.8) is 0 Å². The summed E-state index contributed by atoms with van der Waals surface area (Å²) >= 11 is 0. The van der Waals surface area contributed by atoms with Crippen molar-refractivity contribution < 1.29 is 94.8 Å². The second kappa shape index (κ2) is 19.8. The van der Waals surface area contributed by atoms with Crippen molar-refractivity contribution in [3.05, 3.63) is 11.6 Å². The van der Waals surface area contributed by atoms with E-state index in [1.54, 1.807) is 13.8 Å². The number of ether oxygens (including phenoxy) is 6. The van der Waals surface area contributed by atoms with Crippen LogP contribution in [0.4, 0.5) is 0 Å². The maximum Gasteiger partial charge on any atom is 0.187 e. The lowest BCUT2D eigenvalue weighted by Gasteiger charge is -2.67. The monoisotopic (exact) mass is 963 g/mol. The fourth-order valence-corrected chi connectivity index (χ4v) is 14.2. The van der Waals surface area contributed by atoms with Crippen molar-refractivity contribution >= 4 is 0 Å². The highest BCUT2D eigenvalue weighted by Crippen LogP contribution is 2.75. The smallest absolute Gasteiger partial charge is 0.187 e. The number of fused-ring (bicyclic) bond motifs is 5. The number of allylic oxidation sites excluding steroid dienone is 1. The Balaban J connectivity index is 1.01. The van der Waals surface area contributed by atoms with Crippen molar-refractivity contribution in [1.29, 1.82) is 0 Å². The van der Waals surface area contributed by atoms with E-state index in [0.717, 1.165) is 25.7 Å². The van der Waals surface area contributed by atoms with Crippen molar-refractivity contribution in [2.75, 3.05) is 19.8 Å². The molecule has 7 aliphatic rings. The van der Waals surface area contributed by atoms with Crippen LogP contribution in [0.3, 0.4) is 0 Å². The zero-order chi connectivity index (χ0) is 49.5. The second-order valence-electron chi connectivity index (χ2n) is 23.1. The molecule has 7 rings (SSSR count). The van der Waals surface area contributed by atoms with Gasteiger partial charge in [-0.05, 0) is 99.7 Å². The van der Waals surface area contributed by atoms with Crippen molar-refractivity contribution in [2.45, 2.75) is 223 Å². The minimum atomic E-state index is -1.75. The highest BCUT2D eigenvalue weighted by molar-refractivity contribution is 5.32. The van der Waals surface area contributed by atoms with Gasteiger partial charge in [-0.2, -0.15) is 0 Å². The standard InChI is InChI=1S/C48H82O19/c1-21(9-13-31(45(4,5)61)67-43-40(60)37(57)34(54)27(65-43)20-62-41-38(58)35(55)32(52)25(18-49)63-41)22-15-16-46(6)28-12-10-23-24(48(28,8)29(51)17-47(22,46)7)11-14-30(44(23,2)3)66-42-39(59)36(56)33(53)26(19-50)64-42/h10,21-22,24-43,49-61H,9,11-20H2,1-8H3/t21-,22-,24-,25-,26-,27-,28-,29-,30+,31+,32-,33-,34-,35+,36+,37+,38-,39-,40-,41-,42+,43+,46+,47-,48+/m1/s1. The highest BCUT2D eigenvalue weighted by Gasteiger charge is 2.70. The van der Waals surface area contributed by atoms with Crippen LogP contribution in [-0.2, 0) is 28.4 Å². The molecule has 0 aromatic carbocycles. The van der Waals surface area contributed by atoms with Gasteiger partial charge in [-0.25, -0.2) is 0 Å². The maximum atomic E-state index is 12.6. The van der Waals surface area contributed by atoms with E-state index in [0.29, 0.717) is 25.7 Å². The van der Waals surface area contributed by atoms with Crippen LogP contribution < -0.4 is 0 Å². The predicted molar refractivity (Wildman–Crippen MR) is 235 cm³/mol. The minimum absolute atomic E-state index is 0.0596. The Morgan fingerprint density at radius 2 is 1.21 bits per heavy atom. The average Bonchev–Trinajstić information content (AvgIpc) is 3.54. The normalized spacial score (nSPS) is 51.0. The number of aliphatic hydroxyl groups excluding tert-OH is 12. The Kier molecular flexibility index (Phi) is 15.9. The van der Waals surface area contributed by atoms with E-state index in [1.165, 1.54) is 5.57 Å². The van der Waals surface area contributed by atoms with E-state index in [2.05, 4.69) is 47.6 Å². The molecule has 25 atom stereocenters. The molecule has 19 heteroatoms. The second-order valence-corrected chi connectivity index (χ2v) is 23.1. The molecule has 6 fully saturated rings. The quantitative estimate of drug-likeness (QED) is 0.0924. The Bertz CT molecular complexity index is 1710. The summed E-state index contributed by atoms with van der Waals surface area (Å²) in [4.78, 5) is 0. The van der Waals surface area contributed by atoms with Gasteiger partial charge in [0, 0.05) is 10.8 Å². The molecule has 0 aromatic heterocycles. The molecule has 3 aliphatic heterocycles. The summed E-state index contributed by atoms with van der Waals surface area (Å²) in [6.07, 6.45) is -16.7. The third-order valence-electron chi connectivity index (χ3n) is 18.7. The van der Waals surface area contributed by atoms with Crippen LogP contribution in [0.15, 0.2) is 11.6 Å². The van der Waals surface area contributed by atoms with E-state index in [4.69, 9.17) is 28.4 Å². The van der Waals surface area contributed by atoms with Gasteiger partial charge in [0.2, 0.25) is 0 Å². The van der Waals surface area contributed by atoms with Crippen molar-refractivity contribution in [1.82, 2.24) is 0 Å². The lowest BCUT2D eigenvalue weighted by atomic mass is 9.38. The minimum Gasteiger partial charge on any atom is -0.394 e. The highest BCUT2D eigenvalue weighted by atomic mass is 16.7. The summed E-state index contributed by atoms with van der Waals surface area (Å²) in [5.41, 5.74) is -1.60. The van der Waals surface area contributed by atoms with Gasteiger partial charge in [-0.1, -0.05) is 53.2 Å². The Morgan fingerprint density at radius 1 is 0.672 bits per heavy atom. The van der Waals surface area contributed by atoms with Crippen molar-refractivity contribution in [3.8, 4) is 0 Å². The SMILES string of the molecule is C[C@H](CC[C@H](O[C@@H]1O[C@H](CO[C@@H]2O[C@H](CO)[C@@H](O)[C@H](O)[C@H]2O)[C@@H](O)[C@H](O)[C@H]1O)C(C)(C)O)[C@H]1CC[C@@]2(C)[C@H]3CC=C4[C@@H](CC[C@H](O[C@@H]5O[C@H](CO)[C@@H](O)[C@H](O)[C@H]5O)C4(C)C)[C@]3(C)[C@H](O)C[C@]12C. The molecule has 3 heterocycles. The van der Waals surface area contributed by atoms with Gasteiger partial charge in [0.15, 0.2) is 18.9 Å². The zero-order valence-electron chi connectivity index (χ0n) is 40.3. The molecule has 67 heavy (non-hydrogen) atoms. The van der Waals surface area contributed by atoms with Gasteiger partial charge in [0.1, 0.15) is 73.2 Å². The molecule has 19 nitrogen and oxygen atoms in total. The van der Waals surface area contributed by atoms with Gasteiger partial charge >= 0.3 is 0 Å². The van der Waals surface area contributed by atoms with Gasteiger partial charge < -0.3 is 94.8 Å². The summed E-state index contributed by atoms with van der Waals surface area (Å²) in [5, 5.41) is 138. The Morgan fingerprint density at radius 3 is 1.79 bits per heavy atom. The Labute approximate surface area is 393 Å². The van der Waals surface area contributed by atoms with Crippen LogP contribution >= 0.6 is 0 Å². The molecular formula is C48H82O19. The first-order valence-corrected chi connectivity index (χ1v) is 24.5. The lowest BCUT2D eigenvalue weighted by molar-refractivity contribution is -0.341. The molecule has 0 amide bonds. The molecule has 0 bridgehead atoms. The molecule has 0 radical (unpaired) electrons. The van der Waals surface area contributed by atoms with Crippen LogP contribution in [-0.4, -0.2) is 202 Å². The van der Waals surface area contributed by atoms with E-state index < -0.39 is 147 Å². The van der Waals surface area contributed by atoms with Gasteiger partial charge in [-0.15, -0.1) is 0 Å². The van der Waals surface area contributed by atoms with E-state index in [-0.39, 0.29) is 34.5 Å².